The Kier molecular flexibility index (Phi) is 3.35. The Labute approximate surface area is 111 Å². The minimum atomic E-state index is -0.602. The molecule has 0 N–H and O–H groups in total. The first-order valence-corrected chi connectivity index (χ1v) is 6.79. The third-order valence-electron chi connectivity index (χ3n) is 3.74. The first kappa shape index (κ1) is 12.1. The lowest BCUT2D eigenvalue weighted by atomic mass is 10.1. The summed E-state index contributed by atoms with van der Waals surface area (Å²) in [6.07, 6.45) is 5.59. The van der Waals surface area contributed by atoms with Crippen LogP contribution in [0, 0.1) is 0 Å². The molecule has 96 valence electrons. The average molecular weight is 267 g/mol. The maximum atomic E-state index is 13.1. The summed E-state index contributed by atoms with van der Waals surface area (Å²) >= 11 is 6.08. The fourth-order valence-electron chi connectivity index (χ4n) is 2.74. The van der Waals surface area contributed by atoms with E-state index in [1.54, 1.807) is 6.20 Å². The van der Waals surface area contributed by atoms with E-state index in [1.165, 1.54) is 11.1 Å². The maximum Gasteiger partial charge on any atom is 0.136 e. The van der Waals surface area contributed by atoms with Crippen molar-refractivity contribution in [2.45, 2.75) is 25.4 Å². The zero-order valence-electron chi connectivity index (χ0n) is 10.2. The SMILES string of the molecule is FC1CCN(CC2=Cc3c(ccnc3Cl)C2)CC1. The molecule has 0 unspecified atom stereocenters. The van der Waals surface area contributed by atoms with Crippen LogP contribution in [0.1, 0.15) is 24.0 Å². The van der Waals surface area contributed by atoms with E-state index in [2.05, 4.69) is 16.0 Å². The second kappa shape index (κ2) is 4.98. The Hall–Kier alpha value is -0.930. The molecule has 1 aromatic rings. The summed E-state index contributed by atoms with van der Waals surface area (Å²) in [5.74, 6) is 0. The van der Waals surface area contributed by atoms with Crippen LogP contribution in [-0.2, 0) is 6.42 Å². The number of aromatic nitrogens is 1. The number of hydrogen-bond donors (Lipinski definition) is 0. The maximum absolute atomic E-state index is 13.1. The summed E-state index contributed by atoms with van der Waals surface area (Å²) < 4.78 is 13.1. The number of hydrogen-bond acceptors (Lipinski definition) is 2. The molecule has 0 radical (unpaired) electrons. The van der Waals surface area contributed by atoms with Gasteiger partial charge in [0.05, 0.1) is 0 Å². The molecule has 1 saturated heterocycles. The minimum Gasteiger partial charge on any atom is -0.299 e. The van der Waals surface area contributed by atoms with Crippen LogP contribution in [0.4, 0.5) is 4.39 Å². The highest BCUT2D eigenvalue weighted by Gasteiger charge is 2.21. The molecule has 0 bridgehead atoms. The predicted octanol–water partition coefficient (Wildman–Crippen LogP) is 3.11. The van der Waals surface area contributed by atoms with Gasteiger partial charge in [0.15, 0.2) is 0 Å². The molecular formula is C14H16ClFN2. The molecule has 2 aliphatic rings. The Bertz CT molecular complexity index is 479. The second-order valence-electron chi connectivity index (χ2n) is 5.10. The molecule has 1 aliphatic heterocycles. The summed E-state index contributed by atoms with van der Waals surface area (Å²) in [4.78, 5) is 6.43. The van der Waals surface area contributed by atoms with Crippen molar-refractivity contribution < 1.29 is 4.39 Å². The largest absolute Gasteiger partial charge is 0.299 e. The molecule has 0 spiro atoms. The average Bonchev–Trinajstić information content (AvgIpc) is 2.76. The summed E-state index contributed by atoms with van der Waals surface area (Å²) in [5.41, 5.74) is 3.68. The topological polar surface area (TPSA) is 16.1 Å². The summed E-state index contributed by atoms with van der Waals surface area (Å²) in [7, 11) is 0. The quantitative estimate of drug-likeness (QED) is 0.765. The monoisotopic (exact) mass is 266 g/mol. The minimum absolute atomic E-state index is 0.588. The zero-order valence-corrected chi connectivity index (χ0v) is 11.0. The lowest BCUT2D eigenvalue weighted by Gasteiger charge is -2.28. The molecular weight excluding hydrogens is 251 g/mol. The smallest absolute Gasteiger partial charge is 0.136 e. The van der Waals surface area contributed by atoms with E-state index in [1.807, 2.05) is 6.07 Å². The number of piperidine rings is 1. The number of fused-ring (bicyclic) bond motifs is 1. The van der Waals surface area contributed by atoms with Gasteiger partial charge in [0.1, 0.15) is 11.3 Å². The van der Waals surface area contributed by atoms with Crippen molar-refractivity contribution in [2.24, 2.45) is 0 Å². The van der Waals surface area contributed by atoms with Crippen molar-refractivity contribution in [1.82, 2.24) is 9.88 Å². The molecule has 4 heteroatoms. The number of halogens is 2. The third-order valence-corrected chi connectivity index (χ3v) is 4.04. The van der Waals surface area contributed by atoms with Gasteiger partial charge in [-0.2, -0.15) is 0 Å². The highest BCUT2D eigenvalue weighted by Crippen LogP contribution is 2.30. The van der Waals surface area contributed by atoms with E-state index in [9.17, 15) is 4.39 Å². The van der Waals surface area contributed by atoms with Crippen LogP contribution in [0.2, 0.25) is 5.15 Å². The van der Waals surface area contributed by atoms with Gasteiger partial charge in [-0.25, -0.2) is 9.37 Å². The molecule has 1 fully saturated rings. The van der Waals surface area contributed by atoms with Crippen molar-refractivity contribution >= 4 is 17.7 Å². The second-order valence-corrected chi connectivity index (χ2v) is 5.46. The Morgan fingerprint density at radius 1 is 1.39 bits per heavy atom. The van der Waals surface area contributed by atoms with E-state index >= 15 is 0 Å². The molecule has 1 aromatic heterocycles. The fraction of sp³-hybridized carbons (Fsp3) is 0.500. The van der Waals surface area contributed by atoms with Gasteiger partial charge in [0.25, 0.3) is 0 Å². The van der Waals surface area contributed by atoms with E-state index < -0.39 is 6.17 Å². The molecule has 2 nitrogen and oxygen atoms in total. The van der Waals surface area contributed by atoms with Gasteiger partial charge in [0, 0.05) is 31.4 Å². The van der Waals surface area contributed by atoms with Crippen LogP contribution in [-0.4, -0.2) is 35.7 Å². The van der Waals surface area contributed by atoms with Crippen molar-refractivity contribution in [3.8, 4) is 0 Å². The number of pyridine rings is 1. The molecule has 1 aliphatic carbocycles. The van der Waals surface area contributed by atoms with Gasteiger partial charge >= 0.3 is 0 Å². The van der Waals surface area contributed by atoms with Gasteiger partial charge in [-0.3, -0.25) is 4.90 Å². The van der Waals surface area contributed by atoms with Crippen molar-refractivity contribution in [1.29, 1.82) is 0 Å². The van der Waals surface area contributed by atoms with Gasteiger partial charge in [-0.1, -0.05) is 23.3 Å². The van der Waals surface area contributed by atoms with E-state index in [0.29, 0.717) is 18.0 Å². The van der Waals surface area contributed by atoms with Crippen LogP contribution >= 0.6 is 11.6 Å². The standard InChI is InChI=1S/C14H16ClFN2/c15-14-13-8-10(7-11(13)1-4-17-14)9-18-5-2-12(16)3-6-18/h1,4,8,12H,2-3,5-7,9H2. The van der Waals surface area contributed by atoms with Gasteiger partial charge < -0.3 is 0 Å². The molecule has 0 saturated carbocycles. The van der Waals surface area contributed by atoms with Crippen LogP contribution < -0.4 is 0 Å². The van der Waals surface area contributed by atoms with Crippen molar-refractivity contribution in [3.63, 3.8) is 0 Å². The Morgan fingerprint density at radius 3 is 2.89 bits per heavy atom. The van der Waals surface area contributed by atoms with Crippen molar-refractivity contribution in [3.05, 3.63) is 34.1 Å². The highest BCUT2D eigenvalue weighted by atomic mass is 35.5. The normalized spacial score (nSPS) is 20.9. The molecule has 0 atom stereocenters. The molecule has 0 aromatic carbocycles. The lowest BCUT2D eigenvalue weighted by Crippen LogP contribution is -2.35. The molecule has 2 heterocycles. The van der Waals surface area contributed by atoms with E-state index in [0.717, 1.165) is 31.6 Å². The van der Waals surface area contributed by atoms with Crippen LogP contribution in [0.15, 0.2) is 17.8 Å². The first-order chi connectivity index (χ1) is 8.72. The van der Waals surface area contributed by atoms with E-state index in [-0.39, 0.29) is 0 Å². The third kappa shape index (κ3) is 2.43. The van der Waals surface area contributed by atoms with E-state index in [4.69, 9.17) is 11.6 Å². The number of rotatable bonds is 2. The molecule has 3 rings (SSSR count). The van der Waals surface area contributed by atoms with Gasteiger partial charge in [-0.05, 0) is 30.9 Å². The first-order valence-electron chi connectivity index (χ1n) is 6.41. The predicted molar refractivity (Wildman–Crippen MR) is 71.5 cm³/mol. The molecule has 18 heavy (non-hydrogen) atoms. The summed E-state index contributed by atoms with van der Waals surface area (Å²) in [6, 6.07) is 2.03. The van der Waals surface area contributed by atoms with Gasteiger partial charge in [-0.15, -0.1) is 0 Å². The van der Waals surface area contributed by atoms with Crippen LogP contribution in [0.25, 0.3) is 6.08 Å². The Balaban J connectivity index is 1.66. The molecule has 0 amide bonds. The number of nitrogens with zero attached hydrogens (tertiary/aromatic N) is 2. The van der Waals surface area contributed by atoms with Crippen LogP contribution in [0.3, 0.4) is 0 Å². The zero-order chi connectivity index (χ0) is 12.5. The highest BCUT2D eigenvalue weighted by molar-refractivity contribution is 6.31. The van der Waals surface area contributed by atoms with Crippen molar-refractivity contribution in [2.75, 3.05) is 19.6 Å². The van der Waals surface area contributed by atoms with Gasteiger partial charge in [0.2, 0.25) is 0 Å². The Morgan fingerprint density at radius 2 is 2.17 bits per heavy atom. The number of alkyl halides is 1. The summed E-state index contributed by atoms with van der Waals surface area (Å²) in [5, 5.41) is 0.588. The summed E-state index contributed by atoms with van der Waals surface area (Å²) in [6.45, 7) is 2.65. The fourth-order valence-corrected chi connectivity index (χ4v) is 2.97. The lowest BCUT2D eigenvalue weighted by molar-refractivity contribution is 0.159. The van der Waals surface area contributed by atoms with Crippen LogP contribution in [0.5, 0.6) is 0 Å². The number of likely N-dealkylation sites (tertiary alicyclic amines) is 1.